The second kappa shape index (κ2) is 10.4. The third-order valence-electron chi connectivity index (χ3n) is 4.46. The Balaban J connectivity index is 1.62. The molecule has 1 aromatic heterocycles. The largest absolute Gasteiger partial charge is 0.493 e. The van der Waals surface area contributed by atoms with E-state index in [1.807, 2.05) is 13.8 Å². The number of hydrogen-bond donors (Lipinski definition) is 1. The van der Waals surface area contributed by atoms with Crippen molar-refractivity contribution >= 4 is 45.6 Å². The van der Waals surface area contributed by atoms with Crippen LogP contribution in [0.1, 0.15) is 27.3 Å². The van der Waals surface area contributed by atoms with Crippen molar-refractivity contribution in [2.45, 2.75) is 20.4 Å². The molecule has 0 aliphatic heterocycles. The minimum Gasteiger partial charge on any atom is -0.493 e. The van der Waals surface area contributed by atoms with Gasteiger partial charge in [-0.2, -0.15) is 10.2 Å². The summed E-state index contributed by atoms with van der Waals surface area (Å²) in [6.07, 6.45) is 1.46. The van der Waals surface area contributed by atoms with Crippen LogP contribution >= 0.6 is 27.5 Å². The first-order chi connectivity index (χ1) is 15.3. The zero-order valence-electron chi connectivity index (χ0n) is 17.6. The van der Waals surface area contributed by atoms with Crippen LogP contribution in [0.15, 0.2) is 52.0 Å². The van der Waals surface area contributed by atoms with E-state index in [0.29, 0.717) is 21.9 Å². The number of hydrogen-bond acceptors (Lipinski definition) is 6. The third-order valence-corrected chi connectivity index (χ3v) is 5.86. The quantitative estimate of drug-likeness (QED) is 0.217. The predicted octanol–water partition coefficient (Wildman–Crippen LogP) is 4.29. The minimum absolute atomic E-state index is 0.0402. The van der Waals surface area contributed by atoms with Crippen molar-refractivity contribution in [2.75, 3.05) is 7.11 Å². The van der Waals surface area contributed by atoms with Crippen molar-refractivity contribution in [3.05, 3.63) is 74.5 Å². The molecule has 0 aliphatic rings. The van der Waals surface area contributed by atoms with E-state index in [0.717, 1.165) is 15.9 Å². The molecule has 3 rings (SSSR count). The lowest BCUT2D eigenvalue weighted by Crippen LogP contribution is -2.24. The van der Waals surface area contributed by atoms with Crippen LogP contribution in [0.5, 0.6) is 11.5 Å². The lowest BCUT2D eigenvalue weighted by atomic mass is 10.2. The fourth-order valence-corrected chi connectivity index (χ4v) is 3.18. The number of ether oxygens (including phenoxy) is 2. The number of nitrogens with zero attached hydrogens (tertiary/aromatic N) is 3. The second-order valence-corrected chi connectivity index (χ2v) is 7.97. The zero-order chi connectivity index (χ0) is 23.3. The lowest BCUT2D eigenvalue weighted by molar-refractivity contribution is -0.121. The summed E-state index contributed by atoms with van der Waals surface area (Å²) in [6.45, 7) is 3.76. The molecule has 0 saturated heterocycles. The Kier molecular flexibility index (Phi) is 7.66. The van der Waals surface area contributed by atoms with Gasteiger partial charge in [0.1, 0.15) is 6.54 Å². The van der Waals surface area contributed by atoms with Gasteiger partial charge in [0, 0.05) is 5.02 Å². The smallest absolute Gasteiger partial charge is 0.343 e. The van der Waals surface area contributed by atoms with Crippen molar-refractivity contribution in [2.24, 2.45) is 5.10 Å². The molecule has 10 heteroatoms. The van der Waals surface area contributed by atoms with Crippen LogP contribution in [-0.2, 0) is 11.3 Å². The molecule has 1 amide bonds. The average Bonchev–Trinajstić information content (AvgIpc) is 3.01. The van der Waals surface area contributed by atoms with E-state index in [2.05, 4.69) is 31.6 Å². The fraction of sp³-hybridized carbons (Fsp3) is 0.182. The SMILES string of the molecule is COc1cc(/C=N\NC(=O)Cn2nc(C)c(Br)c2C)ccc1OC(=O)c1ccc(Cl)cc1. The van der Waals surface area contributed by atoms with E-state index in [1.165, 1.54) is 13.3 Å². The number of methoxy groups -OCH3 is 1. The van der Waals surface area contributed by atoms with E-state index in [9.17, 15) is 9.59 Å². The van der Waals surface area contributed by atoms with E-state index in [1.54, 1.807) is 47.1 Å². The van der Waals surface area contributed by atoms with Gasteiger partial charge in [-0.05, 0) is 77.8 Å². The topological polar surface area (TPSA) is 94.8 Å². The highest BCUT2D eigenvalue weighted by Gasteiger charge is 2.13. The number of halogens is 2. The van der Waals surface area contributed by atoms with E-state index in [-0.39, 0.29) is 18.2 Å². The highest BCUT2D eigenvalue weighted by molar-refractivity contribution is 9.10. The summed E-state index contributed by atoms with van der Waals surface area (Å²) in [5, 5.41) is 8.78. The van der Waals surface area contributed by atoms with Crippen LogP contribution in [0.3, 0.4) is 0 Å². The first kappa shape index (κ1) is 23.5. The molecule has 1 heterocycles. The van der Waals surface area contributed by atoms with Crippen LogP contribution in [-0.4, -0.2) is 35.0 Å². The number of hydrazone groups is 1. The van der Waals surface area contributed by atoms with Crippen LogP contribution in [0, 0.1) is 13.8 Å². The van der Waals surface area contributed by atoms with E-state index in [4.69, 9.17) is 21.1 Å². The van der Waals surface area contributed by atoms with Crippen molar-refractivity contribution in [3.63, 3.8) is 0 Å². The van der Waals surface area contributed by atoms with Gasteiger partial charge in [-0.25, -0.2) is 10.2 Å². The number of carbonyl (C=O) groups is 2. The Bertz CT molecular complexity index is 1180. The first-order valence-electron chi connectivity index (χ1n) is 9.45. The molecular formula is C22H20BrClN4O4. The number of esters is 1. The van der Waals surface area contributed by atoms with Crippen molar-refractivity contribution in [1.82, 2.24) is 15.2 Å². The summed E-state index contributed by atoms with van der Waals surface area (Å²) in [4.78, 5) is 24.5. The van der Waals surface area contributed by atoms with Gasteiger partial charge < -0.3 is 9.47 Å². The predicted molar refractivity (Wildman–Crippen MR) is 125 cm³/mol. The summed E-state index contributed by atoms with van der Waals surface area (Å²) in [5.74, 6) is -0.261. The van der Waals surface area contributed by atoms with Crippen molar-refractivity contribution < 1.29 is 19.1 Å². The van der Waals surface area contributed by atoms with E-state index < -0.39 is 5.97 Å². The molecule has 3 aromatic rings. The lowest BCUT2D eigenvalue weighted by Gasteiger charge is -2.10. The van der Waals surface area contributed by atoms with Gasteiger partial charge in [0.15, 0.2) is 11.5 Å². The van der Waals surface area contributed by atoms with Gasteiger partial charge >= 0.3 is 5.97 Å². The van der Waals surface area contributed by atoms with Crippen LogP contribution in [0.25, 0.3) is 0 Å². The molecule has 0 bridgehead atoms. The zero-order valence-corrected chi connectivity index (χ0v) is 19.9. The van der Waals surface area contributed by atoms with Crippen LogP contribution < -0.4 is 14.9 Å². The molecular weight excluding hydrogens is 500 g/mol. The summed E-state index contributed by atoms with van der Waals surface area (Å²) >= 11 is 9.27. The standard InChI is InChI=1S/C22H20BrClN4O4/c1-13-21(23)14(2)28(27-13)12-20(29)26-25-11-15-4-9-18(19(10-15)31-3)32-22(30)16-5-7-17(24)8-6-16/h4-11H,12H2,1-3H3,(H,26,29)/b25-11-. The first-order valence-corrected chi connectivity index (χ1v) is 10.6. The molecule has 0 spiro atoms. The number of carbonyl (C=O) groups excluding carboxylic acids is 2. The Labute approximate surface area is 198 Å². The number of aromatic nitrogens is 2. The number of benzene rings is 2. The fourth-order valence-electron chi connectivity index (χ4n) is 2.77. The van der Waals surface area contributed by atoms with Crippen LogP contribution in [0.2, 0.25) is 5.02 Å². The molecule has 8 nitrogen and oxygen atoms in total. The van der Waals surface area contributed by atoms with Gasteiger partial charge in [-0.3, -0.25) is 9.48 Å². The number of aryl methyl sites for hydroxylation is 1. The molecule has 0 unspecified atom stereocenters. The molecule has 0 fully saturated rings. The van der Waals surface area contributed by atoms with Gasteiger partial charge in [0.25, 0.3) is 5.91 Å². The third kappa shape index (κ3) is 5.74. The Morgan fingerprint density at radius 2 is 1.91 bits per heavy atom. The Morgan fingerprint density at radius 1 is 1.19 bits per heavy atom. The summed E-state index contributed by atoms with van der Waals surface area (Å²) in [6, 6.07) is 11.3. The van der Waals surface area contributed by atoms with Gasteiger partial charge in [0.2, 0.25) is 0 Å². The normalized spacial score (nSPS) is 10.9. The summed E-state index contributed by atoms with van der Waals surface area (Å²) < 4.78 is 13.2. The average molecular weight is 520 g/mol. The van der Waals surface area contributed by atoms with Crippen LogP contribution in [0.4, 0.5) is 0 Å². The maximum Gasteiger partial charge on any atom is 0.343 e. The molecule has 0 aliphatic carbocycles. The number of amides is 1. The maximum absolute atomic E-state index is 12.3. The molecule has 0 radical (unpaired) electrons. The molecule has 0 atom stereocenters. The summed E-state index contributed by atoms with van der Waals surface area (Å²) in [5.41, 5.74) is 5.13. The Hall–Kier alpha value is -3.17. The van der Waals surface area contributed by atoms with Gasteiger partial charge in [-0.1, -0.05) is 11.6 Å². The van der Waals surface area contributed by atoms with Gasteiger partial charge in [-0.15, -0.1) is 0 Å². The van der Waals surface area contributed by atoms with Crippen molar-refractivity contribution in [3.8, 4) is 11.5 Å². The molecule has 166 valence electrons. The number of nitrogens with one attached hydrogen (secondary N) is 1. The maximum atomic E-state index is 12.3. The highest BCUT2D eigenvalue weighted by atomic mass is 79.9. The minimum atomic E-state index is -0.538. The second-order valence-electron chi connectivity index (χ2n) is 6.74. The molecule has 1 N–H and O–H groups in total. The van der Waals surface area contributed by atoms with Crippen molar-refractivity contribution in [1.29, 1.82) is 0 Å². The van der Waals surface area contributed by atoms with E-state index >= 15 is 0 Å². The highest BCUT2D eigenvalue weighted by Crippen LogP contribution is 2.28. The molecule has 0 saturated carbocycles. The number of rotatable bonds is 7. The Morgan fingerprint density at radius 3 is 2.53 bits per heavy atom. The van der Waals surface area contributed by atoms with Gasteiger partial charge in [0.05, 0.1) is 34.7 Å². The summed E-state index contributed by atoms with van der Waals surface area (Å²) in [7, 11) is 1.46. The molecule has 2 aromatic carbocycles. The monoisotopic (exact) mass is 518 g/mol. The molecule has 32 heavy (non-hydrogen) atoms.